The minimum Gasteiger partial charge on any atom is -0.503 e. The van der Waals surface area contributed by atoms with Gasteiger partial charge in [0.1, 0.15) is 5.82 Å². The first kappa shape index (κ1) is 18.0. The topological polar surface area (TPSA) is 40.5 Å². The van der Waals surface area contributed by atoms with Crippen molar-refractivity contribution in [3.05, 3.63) is 113 Å². The van der Waals surface area contributed by atoms with Gasteiger partial charge >= 0.3 is 0 Å². The average molecular weight is 373 g/mol. The van der Waals surface area contributed by atoms with Crippen molar-refractivity contribution >= 4 is 11.5 Å². The zero-order valence-corrected chi connectivity index (χ0v) is 15.3. The zero-order chi connectivity index (χ0) is 19.5. The number of carbonyl (C=O) groups excluding carboxylic acids is 1. The van der Waals surface area contributed by atoms with Crippen molar-refractivity contribution in [1.82, 2.24) is 4.90 Å². The summed E-state index contributed by atoms with van der Waals surface area (Å²) in [5.41, 5.74) is 3.01. The molecule has 1 heterocycles. The summed E-state index contributed by atoms with van der Waals surface area (Å²) in [7, 11) is 0. The first-order valence-electron chi connectivity index (χ1n) is 9.24. The molecule has 0 unspecified atom stereocenters. The number of hydrogen-bond donors (Lipinski definition) is 1. The number of rotatable bonds is 5. The van der Waals surface area contributed by atoms with E-state index in [1.165, 1.54) is 12.1 Å². The van der Waals surface area contributed by atoms with Gasteiger partial charge in [-0.1, -0.05) is 72.8 Å². The van der Waals surface area contributed by atoms with Gasteiger partial charge in [-0.15, -0.1) is 0 Å². The van der Waals surface area contributed by atoms with Crippen LogP contribution in [0.4, 0.5) is 4.39 Å². The number of aliphatic hydroxyl groups is 1. The van der Waals surface area contributed by atoms with Crippen molar-refractivity contribution in [2.75, 3.05) is 6.54 Å². The second-order valence-corrected chi connectivity index (χ2v) is 6.82. The van der Waals surface area contributed by atoms with Crippen LogP contribution in [-0.4, -0.2) is 22.5 Å². The van der Waals surface area contributed by atoms with Gasteiger partial charge in [-0.25, -0.2) is 4.39 Å². The minimum absolute atomic E-state index is 0.270. The first-order valence-corrected chi connectivity index (χ1v) is 9.24. The van der Waals surface area contributed by atoms with Gasteiger partial charge in [0.25, 0.3) is 5.91 Å². The maximum atomic E-state index is 13.9. The molecule has 3 aromatic rings. The van der Waals surface area contributed by atoms with Crippen LogP contribution >= 0.6 is 0 Å². The van der Waals surface area contributed by atoms with Crippen LogP contribution in [0.3, 0.4) is 0 Å². The van der Waals surface area contributed by atoms with Crippen molar-refractivity contribution in [1.29, 1.82) is 0 Å². The predicted molar refractivity (Wildman–Crippen MR) is 107 cm³/mol. The molecule has 1 aliphatic heterocycles. The van der Waals surface area contributed by atoms with E-state index in [-0.39, 0.29) is 11.6 Å². The fraction of sp³-hybridized carbons (Fsp3) is 0.125. The SMILES string of the molecule is O=C1C(O)=C(c2ccccc2)[C@@H](c2cccc(F)c2)N1CCc1ccccc1. The lowest BCUT2D eigenvalue weighted by atomic mass is 9.93. The Morgan fingerprint density at radius 1 is 0.893 bits per heavy atom. The summed E-state index contributed by atoms with van der Waals surface area (Å²) in [6, 6.07) is 24.8. The van der Waals surface area contributed by atoms with Gasteiger partial charge in [0, 0.05) is 12.1 Å². The molecule has 0 saturated carbocycles. The lowest BCUT2D eigenvalue weighted by molar-refractivity contribution is -0.129. The third-order valence-electron chi connectivity index (χ3n) is 5.04. The molecule has 28 heavy (non-hydrogen) atoms. The lowest BCUT2D eigenvalue weighted by Gasteiger charge is -2.27. The largest absolute Gasteiger partial charge is 0.503 e. The number of amides is 1. The molecule has 4 rings (SSSR count). The van der Waals surface area contributed by atoms with E-state index in [9.17, 15) is 14.3 Å². The predicted octanol–water partition coefficient (Wildman–Crippen LogP) is 4.92. The van der Waals surface area contributed by atoms with E-state index in [1.807, 2.05) is 60.7 Å². The highest BCUT2D eigenvalue weighted by atomic mass is 19.1. The summed E-state index contributed by atoms with van der Waals surface area (Å²) < 4.78 is 13.9. The van der Waals surface area contributed by atoms with Crippen LogP contribution in [0.25, 0.3) is 5.57 Å². The molecule has 1 amide bonds. The molecule has 3 aromatic carbocycles. The second-order valence-electron chi connectivity index (χ2n) is 6.82. The Bertz CT molecular complexity index is 1020. The Morgan fingerprint density at radius 2 is 1.57 bits per heavy atom. The van der Waals surface area contributed by atoms with Gasteiger partial charge in [-0.3, -0.25) is 4.79 Å². The normalized spacial score (nSPS) is 16.7. The van der Waals surface area contributed by atoms with Crippen molar-refractivity contribution in [3.63, 3.8) is 0 Å². The summed E-state index contributed by atoms with van der Waals surface area (Å²) in [4.78, 5) is 14.5. The maximum absolute atomic E-state index is 13.9. The summed E-state index contributed by atoms with van der Waals surface area (Å²) in [6.45, 7) is 0.421. The van der Waals surface area contributed by atoms with Gasteiger partial charge in [0.05, 0.1) is 6.04 Å². The Morgan fingerprint density at radius 3 is 2.25 bits per heavy atom. The summed E-state index contributed by atoms with van der Waals surface area (Å²) >= 11 is 0. The van der Waals surface area contributed by atoms with Crippen LogP contribution in [0.5, 0.6) is 0 Å². The molecule has 0 radical (unpaired) electrons. The van der Waals surface area contributed by atoms with Gasteiger partial charge in [-0.2, -0.15) is 0 Å². The van der Waals surface area contributed by atoms with Crippen LogP contribution in [-0.2, 0) is 11.2 Å². The molecule has 140 valence electrons. The highest BCUT2D eigenvalue weighted by Gasteiger charge is 2.40. The van der Waals surface area contributed by atoms with E-state index < -0.39 is 11.9 Å². The first-order chi connectivity index (χ1) is 13.6. The molecule has 1 atom stereocenters. The fourth-order valence-corrected chi connectivity index (χ4v) is 3.71. The molecule has 0 fully saturated rings. The molecule has 0 spiro atoms. The maximum Gasteiger partial charge on any atom is 0.289 e. The molecular weight excluding hydrogens is 353 g/mol. The van der Waals surface area contributed by atoms with Crippen molar-refractivity contribution in [2.24, 2.45) is 0 Å². The third kappa shape index (κ3) is 3.41. The monoisotopic (exact) mass is 373 g/mol. The number of halogens is 1. The zero-order valence-electron chi connectivity index (χ0n) is 15.3. The van der Waals surface area contributed by atoms with Crippen molar-refractivity contribution in [2.45, 2.75) is 12.5 Å². The molecular formula is C24H20FNO2. The Kier molecular flexibility index (Phi) is 4.94. The quantitative estimate of drug-likeness (QED) is 0.690. The van der Waals surface area contributed by atoms with Crippen LogP contribution in [0.1, 0.15) is 22.7 Å². The number of aliphatic hydroxyl groups excluding tert-OH is 1. The van der Waals surface area contributed by atoms with Crippen LogP contribution in [0, 0.1) is 5.82 Å². The molecule has 0 aliphatic carbocycles. The molecule has 1 N–H and O–H groups in total. The van der Waals surface area contributed by atoms with E-state index in [0.29, 0.717) is 24.1 Å². The van der Waals surface area contributed by atoms with E-state index in [0.717, 1.165) is 11.1 Å². The summed E-state index contributed by atoms with van der Waals surface area (Å²) in [5.74, 6) is -1.07. The Hall–Kier alpha value is -3.40. The van der Waals surface area contributed by atoms with Gasteiger partial charge in [0.15, 0.2) is 5.76 Å². The average Bonchev–Trinajstić information content (AvgIpc) is 2.98. The Labute approximate surface area is 163 Å². The second kappa shape index (κ2) is 7.69. The number of benzene rings is 3. The van der Waals surface area contributed by atoms with E-state index in [4.69, 9.17) is 0 Å². The summed E-state index contributed by atoms with van der Waals surface area (Å²) in [6.07, 6.45) is 0.647. The number of nitrogens with zero attached hydrogens (tertiary/aromatic N) is 1. The van der Waals surface area contributed by atoms with Crippen LogP contribution in [0.2, 0.25) is 0 Å². The lowest BCUT2D eigenvalue weighted by Crippen LogP contribution is -2.32. The molecule has 0 bridgehead atoms. The molecule has 4 heteroatoms. The molecule has 0 aromatic heterocycles. The van der Waals surface area contributed by atoms with Crippen molar-refractivity contribution < 1.29 is 14.3 Å². The van der Waals surface area contributed by atoms with Crippen molar-refractivity contribution in [3.8, 4) is 0 Å². The van der Waals surface area contributed by atoms with Gasteiger partial charge in [0.2, 0.25) is 0 Å². The number of hydrogen-bond acceptors (Lipinski definition) is 2. The van der Waals surface area contributed by atoms with E-state index in [2.05, 4.69) is 0 Å². The third-order valence-corrected chi connectivity index (χ3v) is 5.04. The smallest absolute Gasteiger partial charge is 0.289 e. The molecule has 1 aliphatic rings. The van der Waals surface area contributed by atoms with Crippen LogP contribution in [0.15, 0.2) is 90.7 Å². The summed E-state index contributed by atoms with van der Waals surface area (Å²) in [5, 5.41) is 10.7. The van der Waals surface area contributed by atoms with E-state index in [1.54, 1.807) is 17.0 Å². The Balaban J connectivity index is 1.74. The van der Waals surface area contributed by atoms with E-state index >= 15 is 0 Å². The fourth-order valence-electron chi connectivity index (χ4n) is 3.71. The standard InChI is InChI=1S/C24H20FNO2/c25-20-13-7-12-19(16-20)22-21(18-10-5-2-6-11-18)23(27)24(28)26(22)15-14-17-8-3-1-4-9-17/h1-13,16,22,27H,14-15H2/t22-/m1/s1. The highest BCUT2D eigenvalue weighted by molar-refractivity contribution is 6.05. The molecule has 0 saturated heterocycles. The highest BCUT2D eigenvalue weighted by Crippen LogP contribution is 2.43. The van der Waals surface area contributed by atoms with Crippen LogP contribution < -0.4 is 0 Å². The van der Waals surface area contributed by atoms with Gasteiger partial charge < -0.3 is 10.0 Å². The van der Waals surface area contributed by atoms with Gasteiger partial charge in [-0.05, 0) is 35.2 Å². The number of carbonyl (C=O) groups is 1. The molecule has 3 nitrogen and oxygen atoms in total. The minimum atomic E-state index is -0.533.